The molecule has 1 aromatic heterocycles. The molecular formula is C48H67N5O5. The van der Waals surface area contributed by atoms with Crippen LogP contribution in [0.1, 0.15) is 138 Å². The van der Waals surface area contributed by atoms with Gasteiger partial charge in [-0.3, -0.25) is 14.4 Å². The maximum Gasteiger partial charge on any atom is 0.309 e. The molecule has 5 aliphatic carbocycles. The predicted octanol–water partition coefficient (Wildman–Crippen LogP) is 9.02. The van der Waals surface area contributed by atoms with Gasteiger partial charge in [0.05, 0.1) is 28.9 Å². The van der Waals surface area contributed by atoms with Gasteiger partial charge in [0.15, 0.2) is 11.6 Å². The number of likely N-dealkylation sites (N-methyl/N-ethyl adjacent to an activating group) is 1. The number of ketones is 1. The number of aromatic nitrogens is 3. The Morgan fingerprint density at radius 3 is 2.28 bits per heavy atom. The highest BCUT2D eigenvalue weighted by Gasteiger charge is 2.71. The highest BCUT2D eigenvalue weighted by atomic mass is 16.5. The minimum atomic E-state index is -1.17. The van der Waals surface area contributed by atoms with E-state index in [9.17, 15) is 24.8 Å². The van der Waals surface area contributed by atoms with Gasteiger partial charge in [-0.15, -0.1) is 10.2 Å². The number of aliphatic carboxylic acids is 1. The van der Waals surface area contributed by atoms with Crippen molar-refractivity contribution in [3.63, 3.8) is 0 Å². The summed E-state index contributed by atoms with van der Waals surface area (Å²) in [5, 5.41) is 29.1. The number of hydrogen-bond donors (Lipinski definition) is 1. The molecule has 5 aliphatic rings. The summed E-state index contributed by atoms with van der Waals surface area (Å²) in [4.78, 5) is 41.7. The molecule has 0 bridgehead atoms. The molecule has 10 nitrogen and oxygen atoms in total. The highest BCUT2D eigenvalue weighted by Crippen LogP contribution is 2.76. The highest BCUT2D eigenvalue weighted by molar-refractivity contribution is 6.01. The molecular weight excluding hydrogens is 727 g/mol. The van der Waals surface area contributed by atoms with E-state index in [-0.39, 0.29) is 51.8 Å². The molecule has 0 spiro atoms. The Morgan fingerprint density at radius 1 is 0.966 bits per heavy atom. The van der Waals surface area contributed by atoms with E-state index in [1.165, 1.54) is 5.57 Å². The van der Waals surface area contributed by atoms with E-state index in [1.807, 2.05) is 24.3 Å². The zero-order valence-electron chi connectivity index (χ0n) is 37.0. The Hall–Kier alpha value is -3.84. The molecule has 0 amide bonds. The van der Waals surface area contributed by atoms with Gasteiger partial charge in [-0.1, -0.05) is 48.5 Å². The van der Waals surface area contributed by atoms with E-state index in [2.05, 4.69) is 78.1 Å². The van der Waals surface area contributed by atoms with E-state index in [1.54, 1.807) is 13.8 Å². The van der Waals surface area contributed by atoms with Crippen LogP contribution in [0.3, 0.4) is 0 Å². The topological polar surface area (TPSA) is 138 Å². The maximum absolute atomic E-state index is 14.5. The van der Waals surface area contributed by atoms with E-state index < -0.39 is 22.8 Å². The molecule has 0 radical (unpaired) electrons. The van der Waals surface area contributed by atoms with Gasteiger partial charge in [0.2, 0.25) is 0 Å². The van der Waals surface area contributed by atoms with Crippen LogP contribution in [0.15, 0.2) is 35.4 Å². The molecule has 2 aromatic rings. The number of hydrogen-bond acceptors (Lipinski definition) is 8. The first-order chi connectivity index (χ1) is 27.1. The number of nitrogens with zero attached hydrogens (tertiary/aromatic N) is 5. The Labute approximate surface area is 346 Å². The summed E-state index contributed by atoms with van der Waals surface area (Å²) >= 11 is 0. The van der Waals surface area contributed by atoms with Crippen molar-refractivity contribution in [2.45, 2.75) is 145 Å². The van der Waals surface area contributed by atoms with Gasteiger partial charge in [0, 0.05) is 30.5 Å². The average molecular weight is 794 g/mol. The Balaban J connectivity index is 1.25. The van der Waals surface area contributed by atoms with Crippen molar-refractivity contribution in [1.29, 1.82) is 5.26 Å². The van der Waals surface area contributed by atoms with Gasteiger partial charge in [-0.25, -0.2) is 0 Å². The van der Waals surface area contributed by atoms with Gasteiger partial charge in [0.25, 0.3) is 0 Å². The van der Waals surface area contributed by atoms with Crippen LogP contribution >= 0.6 is 0 Å². The van der Waals surface area contributed by atoms with Gasteiger partial charge in [0.1, 0.15) is 11.9 Å². The zero-order valence-corrected chi connectivity index (χ0v) is 37.0. The van der Waals surface area contributed by atoms with E-state index in [0.717, 1.165) is 80.7 Å². The van der Waals surface area contributed by atoms with Gasteiger partial charge in [-0.2, -0.15) is 5.26 Å². The number of Topliss-reactive ketones (excluding diaryl/α,β-unsaturated/α-hetero) is 1. The minimum Gasteiger partial charge on any atom is -0.481 e. The lowest BCUT2D eigenvalue weighted by atomic mass is 9.33. The number of carbonyl (C=O) groups is 3. The fourth-order valence-electron chi connectivity index (χ4n) is 13.8. The normalized spacial score (nSPS) is 34.2. The first-order valence-corrected chi connectivity index (χ1v) is 21.9. The number of carboxylic acid groups (broad SMARTS) is 1. The number of ether oxygens (including phenoxy) is 1. The van der Waals surface area contributed by atoms with Crippen LogP contribution in [-0.2, 0) is 31.1 Å². The Bertz CT molecular complexity index is 2060. The predicted molar refractivity (Wildman–Crippen MR) is 223 cm³/mol. The number of rotatable bonds is 10. The third-order valence-electron chi connectivity index (χ3n) is 17.0. The second kappa shape index (κ2) is 14.4. The van der Waals surface area contributed by atoms with E-state index >= 15 is 0 Å². The molecule has 1 heterocycles. The number of carbonyl (C=O) groups excluding carboxylic acids is 2. The van der Waals surface area contributed by atoms with Crippen molar-refractivity contribution in [3.05, 3.63) is 46.8 Å². The summed E-state index contributed by atoms with van der Waals surface area (Å²) < 4.78 is 8.50. The summed E-state index contributed by atoms with van der Waals surface area (Å²) in [6.07, 6.45) is 7.87. The Kier molecular flexibility index (Phi) is 10.5. The Morgan fingerprint density at radius 2 is 1.66 bits per heavy atom. The number of esters is 1. The lowest BCUT2D eigenvalue weighted by Crippen LogP contribution is -2.66. The van der Waals surface area contributed by atoms with Crippen molar-refractivity contribution in [1.82, 2.24) is 19.7 Å². The van der Waals surface area contributed by atoms with Crippen LogP contribution < -0.4 is 0 Å². The third kappa shape index (κ3) is 6.30. The number of carboxylic acids is 1. The number of nitriles is 1. The van der Waals surface area contributed by atoms with Crippen molar-refractivity contribution >= 4 is 17.7 Å². The SMILES string of the molecule is CC(C)C1=C2[C@H]3CC[C@@H]4[C@@]5(C)CC[C@H](OC(=O)CC(C)(C)C(=O)O)C(C)(C)[C@@H]5CC[C@@]4(C)[C@]3(C)CC[C@@]2(c2nnc(-c3ccc(C#N)cc3)n2CCN(C)C)CC1=O. The van der Waals surface area contributed by atoms with Crippen molar-refractivity contribution in [2.75, 3.05) is 20.6 Å². The van der Waals surface area contributed by atoms with Crippen LogP contribution in [-0.4, -0.2) is 69.2 Å². The third-order valence-corrected chi connectivity index (χ3v) is 17.0. The summed E-state index contributed by atoms with van der Waals surface area (Å²) in [6.45, 7) is 21.3. The molecule has 7 rings (SSSR count). The molecule has 1 aromatic carbocycles. The molecule has 10 heteroatoms. The van der Waals surface area contributed by atoms with Crippen LogP contribution in [0.4, 0.5) is 0 Å². The molecule has 0 aliphatic heterocycles. The summed E-state index contributed by atoms with van der Waals surface area (Å²) in [7, 11) is 4.16. The van der Waals surface area contributed by atoms with E-state index in [4.69, 9.17) is 14.9 Å². The summed E-state index contributed by atoms with van der Waals surface area (Å²) in [5.74, 6) is 1.72. The molecule has 4 saturated carbocycles. The van der Waals surface area contributed by atoms with Gasteiger partial charge < -0.3 is 19.3 Å². The lowest BCUT2D eigenvalue weighted by Gasteiger charge is -2.72. The molecule has 4 fully saturated rings. The van der Waals surface area contributed by atoms with E-state index in [0.29, 0.717) is 30.4 Å². The van der Waals surface area contributed by atoms with Crippen LogP contribution in [0.2, 0.25) is 0 Å². The number of allylic oxidation sites excluding steroid dienone is 2. The maximum atomic E-state index is 14.5. The van der Waals surface area contributed by atoms with Crippen LogP contribution in [0.5, 0.6) is 0 Å². The monoisotopic (exact) mass is 794 g/mol. The fraction of sp³-hybridized carbons (Fsp3) is 0.708. The molecule has 0 saturated heterocycles. The van der Waals surface area contributed by atoms with Crippen molar-refractivity contribution < 1.29 is 24.2 Å². The standard InChI is InChI=1S/C48H67N5O5/c1-29(2)38-33(54)26-48(41-51-50-40(53(41)25-24-52(10)11)31-14-12-30(28-49)13-15-31)23-22-46(8)32(39(38)48)16-17-35-45(7)20-19-36(58-37(55)27-43(3,4)42(56)57)44(5,6)34(45)18-21-47(35,46)9/h12-15,29,32,34-36H,16-27H2,1-11H3,(H,56,57)/t32-,34+,35-,36+,45+,46-,47-,48-/m1/s1. The largest absolute Gasteiger partial charge is 0.481 e. The molecule has 8 atom stereocenters. The molecule has 314 valence electrons. The lowest BCUT2D eigenvalue weighted by molar-refractivity contribution is -0.232. The van der Waals surface area contributed by atoms with Crippen molar-refractivity contribution in [2.24, 2.45) is 50.7 Å². The first kappa shape index (κ1) is 42.3. The number of fused-ring (bicyclic) bond motifs is 7. The fourth-order valence-corrected chi connectivity index (χ4v) is 13.8. The van der Waals surface area contributed by atoms with Crippen LogP contribution in [0, 0.1) is 62.1 Å². The second-order valence-corrected chi connectivity index (χ2v) is 21.5. The minimum absolute atomic E-state index is 0.0331. The van der Waals surface area contributed by atoms with Crippen LogP contribution in [0.25, 0.3) is 11.4 Å². The summed E-state index contributed by atoms with van der Waals surface area (Å²) in [5.41, 5.74) is 1.98. The molecule has 1 N–H and O–H groups in total. The zero-order chi connectivity index (χ0) is 42.4. The first-order valence-electron chi connectivity index (χ1n) is 21.9. The second-order valence-electron chi connectivity index (χ2n) is 21.5. The number of benzene rings is 1. The van der Waals surface area contributed by atoms with Gasteiger partial charge >= 0.3 is 11.9 Å². The molecule has 58 heavy (non-hydrogen) atoms. The molecule has 0 unspecified atom stereocenters. The summed E-state index contributed by atoms with van der Waals surface area (Å²) in [6, 6.07) is 9.83. The smallest absolute Gasteiger partial charge is 0.309 e. The van der Waals surface area contributed by atoms with Crippen molar-refractivity contribution in [3.8, 4) is 17.5 Å². The average Bonchev–Trinajstić information content (AvgIpc) is 3.71. The quantitative estimate of drug-likeness (QED) is 0.234. The van der Waals surface area contributed by atoms with Gasteiger partial charge in [-0.05, 0) is 155 Å².